The minimum Gasteiger partial charge on any atom is -0.297 e. The van der Waals surface area contributed by atoms with Crippen LogP contribution in [0.3, 0.4) is 0 Å². The summed E-state index contributed by atoms with van der Waals surface area (Å²) in [4.78, 5) is 22.1. The van der Waals surface area contributed by atoms with Gasteiger partial charge in [0.25, 0.3) is 0 Å². The molecule has 3 heteroatoms. The molecule has 0 aliphatic heterocycles. The van der Waals surface area contributed by atoms with Gasteiger partial charge in [-0.1, -0.05) is 0 Å². The third kappa shape index (κ3) is 1.24. The van der Waals surface area contributed by atoms with Gasteiger partial charge in [0.15, 0.2) is 12.6 Å². The highest BCUT2D eigenvalue weighted by atomic mass is 32.1. The third-order valence-electron chi connectivity index (χ3n) is 1.74. The fourth-order valence-corrected chi connectivity index (χ4v) is 1.81. The second-order valence-corrected chi connectivity index (χ2v) is 3.40. The maximum atomic E-state index is 10.4. The molecule has 0 N–H and O–H groups in total. The fraction of sp³-hybridized carbons (Fsp3) is 0.250. The molecule has 58 valence electrons. The number of hydrogen-bond acceptors (Lipinski definition) is 3. The van der Waals surface area contributed by atoms with Crippen LogP contribution < -0.4 is 0 Å². The first-order valence-corrected chi connectivity index (χ1v) is 4.02. The van der Waals surface area contributed by atoms with Gasteiger partial charge in [0.2, 0.25) is 0 Å². The second-order valence-electron chi connectivity index (χ2n) is 2.32. The Bertz CT molecular complexity index is 271. The molecule has 0 saturated carbocycles. The normalized spacial score (nSPS) is 9.64. The van der Waals surface area contributed by atoms with Crippen molar-refractivity contribution in [2.24, 2.45) is 0 Å². The Morgan fingerprint density at radius 1 is 1.00 bits per heavy atom. The van der Waals surface area contributed by atoms with Crippen molar-refractivity contribution in [2.75, 3.05) is 0 Å². The van der Waals surface area contributed by atoms with E-state index in [1.165, 1.54) is 11.3 Å². The average molecular weight is 168 g/mol. The van der Waals surface area contributed by atoms with E-state index in [1.807, 2.05) is 13.8 Å². The summed E-state index contributed by atoms with van der Waals surface area (Å²) in [5.41, 5.74) is 1.85. The van der Waals surface area contributed by atoms with E-state index in [4.69, 9.17) is 0 Å². The van der Waals surface area contributed by atoms with E-state index in [0.717, 1.165) is 23.7 Å². The van der Waals surface area contributed by atoms with Gasteiger partial charge in [-0.15, -0.1) is 11.3 Å². The van der Waals surface area contributed by atoms with Gasteiger partial charge in [0.05, 0.1) is 9.75 Å². The molecule has 1 heterocycles. The predicted octanol–water partition coefficient (Wildman–Crippen LogP) is 1.99. The lowest BCUT2D eigenvalue weighted by Gasteiger charge is -1.87. The van der Waals surface area contributed by atoms with E-state index in [-0.39, 0.29) is 0 Å². The second kappa shape index (κ2) is 2.96. The van der Waals surface area contributed by atoms with Gasteiger partial charge in [-0.25, -0.2) is 0 Å². The predicted molar refractivity (Wildman–Crippen MR) is 44.6 cm³/mol. The largest absolute Gasteiger partial charge is 0.297 e. The number of carbonyl (C=O) groups excluding carboxylic acids is 2. The molecule has 0 atom stereocenters. The Morgan fingerprint density at radius 3 is 1.55 bits per heavy atom. The van der Waals surface area contributed by atoms with Crippen LogP contribution >= 0.6 is 11.3 Å². The van der Waals surface area contributed by atoms with Crippen molar-refractivity contribution in [3.8, 4) is 0 Å². The number of thiophene rings is 1. The minimum absolute atomic E-state index is 0.657. The molecular weight excluding hydrogens is 160 g/mol. The lowest BCUT2D eigenvalue weighted by Crippen LogP contribution is -1.80. The zero-order chi connectivity index (χ0) is 8.43. The van der Waals surface area contributed by atoms with Crippen LogP contribution in [-0.4, -0.2) is 12.6 Å². The van der Waals surface area contributed by atoms with Crippen LogP contribution in [0.4, 0.5) is 0 Å². The summed E-state index contributed by atoms with van der Waals surface area (Å²) in [5.74, 6) is 0. The van der Waals surface area contributed by atoms with Gasteiger partial charge in [0, 0.05) is 0 Å². The van der Waals surface area contributed by atoms with E-state index in [9.17, 15) is 9.59 Å². The molecule has 0 unspecified atom stereocenters. The smallest absolute Gasteiger partial charge is 0.160 e. The first-order valence-electron chi connectivity index (χ1n) is 3.21. The van der Waals surface area contributed by atoms with Crippen LogP contribution in [0.25, 0.3) is 0 Å². The summed E-state index contributed by atoms with van der Waals surface area (Å²) in [7, 11) is 0. The van der Waals surface area contributed by atoms with Crippen molar-refractivity contribution in [3.05, 3.63) is 20.9 Å². The lowest BCUT2D eigenvalue weighted by atomic mass is 10.1. The highest BCUT2D eigenvalue weighted by molar-refractivity contribution is 7.15. The minimum atomic E-state index is 0.657. The summed E-state index contributed by atoms with van der Waals surface area (Å²) in [6.45, 7) is 3.70. The lowest BCUT2D eigenvalue weighted by molar-refractivity contribution is 0.111. The van der Waals surface area contributed by atoms with Crippen LogP contribution in [0.5, 0.6) is 0 Å². The quantitative estimate of drug-likeness (QED) is 0.633. The molecule has 1 aromatic rings. The van der Waals surface area contributed by atoms with Crippen molar-refractivity contribution in [3.63, 3.8) is 0 Å². The summed E-state index contributed by atoms with van der Waals surface area (Å²) >= 11 is 1.25. The van der Waals surface area contributed by atoms with E-state index >= 15 is 0 Å². The average Bonchev–Trinajstić information content (AvgIpc) is 2.30. The van der Waals surface area contributed by atoms with Crippen molar-refractivity contribution in [2.45, 2.75) is 13.8 Å². The molecule has 2 nitrogen and oxygen atoms in total. The maximum Gasteiger partial charge on any atom is 0.160 e. The van der Waals surface area contributed by atoms with Gasteiger partial charge >= 0.3 is 0 Å². The van der Waals surface area contributed by atoms with Crippen LogP contribution in [-0.2, 0) is 0 Å². The van der Waals surface area contributed by atoms with Crippen LogP contribution in [0, 0.1) is 13.8 Å². The first-order chi connectivity index (χ1) is 5.20. The van der Waals surface area contributed by atoms with Crippen molar-refractivity contribution >= 4 is 23.9 Å². The van der Waals surface area contributed by atoms with Gasteiger partial charge in [-0.05, 0) is 25.0 Å². The topological polar surface area (TPSA) is 34.1 Å². The zero-order valence-electron chi connectivity index (χ0n) is 6.38. The van der Waals surface area contributed by atoms with Gasteiger partial charge in [0.1, 0.15) is 0 Å². The molecule has 0 spiro atoms. The zero-order valence-corrected chi connectivity index (χ0v) is 7.20. The molecule has 11 heavy (non-hydrogen) atoms. The maximum absolute atomic E-state index is 10.4. The number of carbonyl (C=O) groups is 2. The fourth-order valence-electron chi connectivity index (χ4n) is 0.866. The highest BCUT2D eigenvalue weighted by Gasteiger charge is 2.08. The van der Waals surface area contributed by atoms with Crippen LogP contribution in [0.1, 0.15) is 30.5 Å². The Balaban J connectivity index is 3.33. The molecule has 1 aromatic heterocycles. The van der Waals surface area contributed by atoms with Crippen LogP contribution in [0.15, 0.2) is 0 Å². The standard InChI is InChI=1S/C8H8O2S/c1-5-6(2)8(4-10)11-7(5)3-9/h3-4H,1-2H3. The molecule has 0 aliphatic carbocycles. The summed E-state index contributed by atoms with van der Waals surface area (Å²) in [6, 6.07) is 0. The molecule has 1 rings (SSSR count). The molecular formula is C8H8O2S. The third-order valence-corrected chi connectivity index (χ3v) is 2.98. The van der Waals surface area contributed by atoms with Crippen molar-refractivity contribution in [1.29, 1.82) is 0 Å². The van der Waals surface area contributed by atoms with Gasteiger partial charge < -0.3 is 0 Å². The van der Waals surface area contributed by atoms with Gasteiger partial charge in [-0.3, -0.25) is 9.59 Å². The Hall–Kier alpha value is -0.960. The Kier molecular flexibility index (Phi) is 2.19. The number of aldehydes is 2. The monoisotopic (exact) mass is 168 g/mol. The molecule has 0 saturated heterocycles. The van der Waals surface area contributed by atoms with E-state index in [1.54, 1.807) is 0 Å². The number of rotatable bonds is 2. The highest BCUT2D eigenvalue weighted by Crippen LogP contribution is 2.23. The first kappa shape index (κ1) is 8.14. The molecule has 0 fully saturated rings. The molecule has 0 radical (unpaired) electrons. The summed E-state index contributed by atoms with van der Waals surface area (Å²) in [6.07, 6.45) is 1.58. The van der Waals surface area contributed by atoms with Crippen molar-refractivity contribution in [1.82, 2.24) is 0 Å². The van der Waals surface area contributed by atoms with Crippen LogP contribution in [0.2, 0.25) is 0 Å². The molecule has 0 amide bonds. The Labute approximate surface area is 68.9 Å². The van der Waals surface area contributed by atoms with E-state index in [2.05, 4.69) is 0 Å². The molecule has 0 aromatic carbocycles. The Morgan fingerprint density at radius 2 is 1.36 bits per heavy atom. The van der Waals surface area contributed by atoms with Crippen molar-refractivity contribution < 1.29 is 9.59 Å². The van der Waals surface area contributed by atoms with Gasteiger partial charge in [-0.2, -0.15) is 0 Å². The number of hydrogen-bond donors (Lipinski definition) is 0. The van der Waals surface area contributed by atoms with E-state index < -0.39 is 0 Å². The SMILES string of the molecule is Cc1c(C=O)sc(C=O)c1C. The molecule has 0 bridgehead atoms. The summed E-state index contributed by atoms with van der Waals surface area (Å²) in [5, 5.41) is 0. The molecule has 0 aliphatic rings. The van der Waals surface area contributed by atoms with E-state index in [0.29, 0.717) is 9.75 Å². The summed E-state index contributed by atoms with van der Waals surface area (Å²) < 4.78 is 0.